The van der Waals surface area contributed by atoms with E-state index in [2.05, 4.69) is 0 Å². The van der Waals surface area contributed by atoms with Crippen LogP contribution in [0.25, 0.3) is 0 Å². The fourth-order valence-corrected chi connectivity index (χ4v) is 1.57. The minimum absolute atomic E-state index is 0.576. The number of carboxylic acid groups (broad SMARTS) is 1. The standard InChI is InChI=1S/C13H16O4/c1-9(7-13(14)15)6-10-4-5-11(16-2)12(8-10)17-3/h4-5,7-8H,6H2,1-3H3,(H,14,15). The molecule has 0 spiro atoms. The van der Waals surface area contributed by atoms with Gasteiger partial charge in [0.15, 0.2) is 11.5 Å². The molecule has 0 aliphatic rings. The number of ether oxygens (including phenoxy) is 2. The van der Waals surface area contributed by atoms with Gasteiger partial charge in [0.2, 0.25) is 0 Å². The lowest BCUT2D eigenvalue weighted by atomic mass is 10.1. The van der Waals surface area contributed by atoms with Crippen LogP contribution in [0, 0.1) is 0 Å². The predicted octanol–water partition coefficient (Wildman–Crippen LogP) is 2.28. The van der Waals surface area contributed by atoms with Gasteiger partial charge in [0, 0.05) is 6.08 Å². The van der Waals surface area contributed by atoms with Crippen LogP contribution in [0.5, 0.6) is 11.5 Å². The quantitative estimate of drug-likeness (QED) is 0.797. The van der Waals surface area contributed by atoms with Crippen LogP contribution in [0.15, 0.2) is 29.8 Å². The fourth-order valence-electron chi connectivity index (χ4n) is 1.57. The summed E-state index contributed by atoms with van der Waals surface area (Å²) >= 11 is 0. The van der Waals surface area contributed by atoms with E-state index in [-0.39, 0.29) is 0 Å². The zero-order valence-electron chi connectivity index (χ0n) is 10.2. The lowest BCUT2D eigenvalue weighted by Crippen LogP contribution is -1.95. The molecule has 1 aromatic carbocycles. The Morgan fingerprint density at radius 3 is 2.47 bits per heavy atom. The number of hydrogen-bond donors (Lipinski definition) is 1. The summed E-state index contributed by atoms with van der Waals surface area (Å²) in [6, 6.07) is 5.54. The van der Waals surface area contributed by atoms with E-state index >= 15 is 0 Å². The highest BCUT2D eigenvalue weighted by molar-refractivity contribution is 5.80. The van der Waals surface area contributed by atoms with Crippen molar-refractivity contribution in [1.82, 2.24) is 0 Å². The molecule has 1 rings (SSSR count). The van der Waals surface area contributed by atoms with E-state index in [0.717, 1.165) is 11.1 Å². The van der Waals surface area contributed by atoms with Crippen molar-refractivity contribution in [3.05, 3.63) is 35.4 Å². The van der Waals surface area contributed by atoms with Crippen LogP contribution < -0.4 is 9.47 Å². The van der Waals surface area contributed by atoms with Crippen molar-refractivity contribution >= 4 is 5.97 Å². The fraction of sp³-hybridized carbons (Fsp3) is 0.308. The summed E-state index contributed by atoms with van der Waals surface area (Å²) < 4.78 is 10.3. The van der Waals surface area contributed by atoms with Gasteiger partial charge in [-0.05, 0) is 31.0 Å². The first kappa shape index (κ1) is 13.1. The number of methoxy groups -OCH3 is 2. The zero-order valence-corrected chi connectivity index (χ0v) is 10.2. The summed E-state index contributed by atoms with van der Waals surface area (Å²) in [4.78, 5) is 10.5. The van der Waals surface area contributed by atoms with E-state index in [1.54, 1.807) is 21.1 Å². The molecule has 92 valence electrons. The maximum atomic E-state index is 10.5. The Labute approximate surface area is 100 Å². The second kappa shape index (κ2) is 5.94. The number of allylic oxidation sites excluding steroid dienone is 1. The van der Waals surface area contributed by atoms with Crippen LogP contribution in [-0.2, 0) is 11.2 Å². The third-order valence-corrected chi connectivity index (χ3v) is 2.30. The monoisotopic (exact) mass is 236 g/mol. The second-order valence-electron chi connectivity index (χ2n) is 3.70. The van der Waals surface area contributed by atoms with Gasteiger partial charge in [0.05, 0.1) is 14.2 Å². The Kier molecular flexibility index (Phi) is 4.57. The van der Waals surface area contributed by atoms with Gasteiger partial charge in [-0.2, -0.15) is 0 Å². The van der Waals surface area contributed by atoms with Crippen LogP contribution >= 0.6 is 0 Å². The summed E-state index contributed by atoms with van der Waals surface area (Å²) in [6.45, 7) is 1.78. The van der Waals surface area contributed by atoms with Crippen LogP contribution in [0.1, 0.15) is 12.5 Å². The highest BCUT2D eigenvalue weighted by Crippen LogP contribution is 2.28. The van der Waals surface area contributed by atoms with Crippen molar-refractivity contribution in [3.8, 4) is 11.5 Å². The Morgan fingerprint density at radius 2 is 1.94 bits per heavy atom. The summed E-state index contributed by atoms with van der Waals surface area (Å²) in [5.74, 6) is 0.382. The van der Waals surface area contributed by atoms with Crippen LogP contribution in [-0.4, -0.2) is 25.3 Å². The van der Waals surface area contributed by atoms with Gasteiger partial charge in [-0.25, -0.2) is 4.79 Å². The smallest absolute Gasteiger partial charge is 0.328 e. The molecule has 0 aliphatic carbocycles. The predicted molar refractivity (Wildman–Crippen MR) is 64.6 cm³/mol. The first-order valence-corrected chi connectivity index (χ1v) is 5.17. The normalized spacial score (nSPS) is 11.1. The lowest BCUT2D eigenvalue weighted by molar-refractivity contribution is -0.131. The maximum absolute atomic E-state index is 10.5. The Morgan fingerprint density at radius 1 is 1.29 bits per heavy atom. The molecule has 0 aromatic heterocycles. The van der Waals surface area contributed by atoms with Crippen molar-refractivity contribution in [3.63, 3.8) is 0 Å². The van der Waals surface area contributed by atoms with E-state index in [1.807, 2.05) is 18.2 Å². The second-order valence-corrected chi connectivity index (χ2v) is 3.70. The van der Waals surface area contributed by atoms with E-state index < -0.39 is 5.97 Å². The van der Waals surface area contributed by atoms with Gasteiger partial charge in [-0.3, -0.25) is 0 Å². The number of carboxylic acids is 1. The average molecular weight is 236 g/mol. The molecule has 0 radical (unpaired) electrons. The van der Waals surface area contributed by atoms with Crippen LogP contribution in [0.3, 0.4) is 0 Å². The van der Waals surface area contributed by atoms with Gasteiger partial charge in [-0.1, -0.05) is 11.6 Å². The number of carbonyl (C=O) groups is 1. The zero-order chi connectivity index (χ0) is 12.8. The molecule has 0 fully saturated rings. The van der Waals surface area contributed by atoms with Gasteiger partial charge in [0.25, 0.3) is 0 Å². The molecule has 0 saturated carbocycles. The highest BCUT2D eigenvalue weighted by Gasteiger charge is 2.05. The molecular weight excluding hydrogens is 220 g/mol. The van der Waals surface area contributed by atoms with Crippen molar-refractivity contribution in [2.75, 3.05) is 14.2 Å². The Hall–Kier alpha value is -1.97. The summed E-state index contributed by atoms with van der Waals surface area (Å²) in [6.07, 6.45) is 1.78. The molecule has 0 atom stereocenters. The highest BCUT2D eigenvalue weighted by atomic mass is 16.5. The number of benzene rings is 1. The van der Waals surface area contributed by atoms with Gasteiger partial charge >= 0.3 is 5.97 Å². The molecule has 0 saturated heterocycles. The SMILES string of the molecule is COc1ccc(CC(C)=CC(=O)O)cc1OC. The minimum atomic E-state index is -0.928. The molecule has 1 aromatic rings. The Balaban J connectivity index is 2.89. The van der Waals surface area contributed by atoms with Crippen molar-refractivity contribution in [1.29, 1.82) is 0 Å². The molecule has 17 heavy (non-hydrogen) atoms. The summed E-state index contributed by atoms with van der Waals surface area (Å²) in [7, 11) is 3.15. The first-order valence-electron chi connectivity index (χ1n) is 5.17. The number of rotatable bonds is 5. The lowest BCUT2D eigenvalue weighted by Gasteiger charge is -2.09. The maximum Gasteiger partial charge on any atom is 0.328 e. The molecule has 0 amide bonds. The summed E-state index contributed by atoms with van der Waals surface area (Å²) in [5.41, 5.74) is 1.77. The van der Waals surface area contributed by atoms with E-state index in [9.17, 15) is 4.79 Å². The molecule has 0 bridgehead atoms. The van der Waals surface area contributed by atoms with Crippen LogP contribution in [0.4, 0.5) is 0 Å². The molecule has 4 nitrogen and oxygen atoms in total. The average Bonchev–Trinajstić information content (AvgIpc) is 2.27. The van der Waals surface area contributed by atoms with Crippen LogP contribution in [0.2, 0.25) is 0 Å². The molecular formula is C13H16O4. The molecule has 0 heterocycles. The van der Waals surface area contributed by atoms with E-state index in [0.29, 0.717) is 17.9 Å². The number of hydrogen-bond acceptors (Lipinski definition) is 3. The van der Waals surface area contributed by atoms with E-state index in [4.69, 9.17) is 14.6 Å². The largest absolute Gasteiger partial charge is 0.493 e. The van der Waals surface area contributed by atoms with Crippen molar-refractivity contribution in [2.24, 2.45) is 0 Å². The topological polar surface area (TPSA) is 55.8 Å². The van der Waals surface area contributed by atoms with E-state index in [1.165, 1.54) is 6.08 Å². The van der Waals surface area contributed by atoms with Gasteiger partial charge < -0.3 is 14.6 Å². The van der Waals surface area contributed by atoms with Gasteiger partial charge in [0.1, 0.15) is 0 Å². The summed E-state index contributed by atoms with van der Waals surface area (Å²) in [5, 5.41) is 8.62. The Bertz CT molecular complexity index is 435. The minimum Gasteiger partial charge on any atom is -0.493 e. The molecule has 4 heteroatoms. The van der Waals surface area contributed by atoms with Crippen molar-refractivity contribution < 1.29 is 19.4 Å². The first-order chi connectivity index (χ1) is 8.06. The number of aliphatic carboxylic acids is 1. The molecule has 0 unspecified atom stereocenters. The third-order valence-electron chi connectivity index (χ3n) is 2.30. The third kappa shape index (κ3) is 3.83. The molecule has 1 N–H and O–H groups in total. The van der Waals surface area contributed by atoms with Crippen molar-refractivity contribution in [2.45, 2.75) is 13.3 Å². The molecule has 0 aliphatic heterocycles. The van der Waals surface area contributed by atoms with Gasteiger partial charge in [-0.15, -0.1) is 0 Å².